The van der Waals surface area contributed by atoms with Crippen molar-refractivity contribution in [1.29, 1.82) is 0 Å². The molecule has 1 atom stereocenters. The Balaban J connectivity index is 1.75. The summed E-state index contributed by atoms with van der Waals surface area (Å²) in [5.41, 5.74) is 3.10. The lowest BCUT2D eigenvalue weighted by atomic mass is 10.0. The average molecular weight is 325 g/mol. The zero-order chi connectivity index (χ0) is 17.1. The second kappa shape index (κ2) is 7.12. The minimum Gasteiger partial charge on any atom is -0.472 e. The lowest BCUT2D eigenvalue weighted by Gasteiger charge is -2.42. The van der Waals surface area contributed by atoms with Crippen LogP contribution in [0.2, 0.25) is 0 Å². The summed E-state index contributed by atoms with van der Waals surface area (Å²) in [5, 5.41) is 0. The molecule has 1 aromatic carbocycles. The third kappa shape index (κ3) is 3.32. The van der Waals surface area contributed by atoms with E-state index in [9.17, 15) is 4.79 Å². The normalized spacial score (nSPS) is 18.2. The molecule has 4 heteroatoms. The van der Waals surface area contributed by atoms with E-state index >= 15 is 0 Å². The molecule has 1 amide bonds. The molecule has 1 fully saturated rings. The molecule has 1 saturated heterocycles. The van der Waals surface area contributed by atoms with Crippen LogP contribution in [0.3, 0.4) is 0 Å². The van der Waals surface area contributed by atoms with Crippen LogP contribution < -0.4 is 4.90 Å². The zero-order valence-electron chi connectivity index (χ0n) is 14.7. The van der Waals surface area contributed by atoms with Crippen LogP contribution in [0, 0.1) is 6.07 Å². The number of benzene rings is 1. The first kappa shape index (κ1) is 16.6. The van der Waals surface area contributed by atoms with Crippen LogP contribution >= 0.6 is 0 Å². The summed E-state index contributed by atoms with van der Waals surface area (Å²) < 4.78 is 5.06. The van der Waals surface area contributed by atoms with Crippen molar-refractivity contribution in [2.75, 3.05) is 24.5 Å². The maximum absolute atomic E-state index is 12.7. The fourth-order valence-electron chi connectivity index (χ4n) is 3.26. The quantitative estimate of drug-likeness (QED) is 0.854. The highest BCUT2D eigenvalue weighted by Gasteiger charge is 2.30. The number of rotatable bonds is 4. The van der Waals surface area contributed by atoms with E-state index in [1.165, 1.54) is 17.5 Å². The number of hydrogen-bond donors (Lipinski definition) is 0. The maximum atomic E-state index is 12.7. The van der Waals surface area contributed by atoms with Gasteiger partial charge in [0.15, 0.2) is 0 Å². The van der Waals surface area contributed by atoms with Gasteiger partial charge in [0.05, 0.1) is 11.8 Å². The molecule has 2 heterocycles. The van der Waals surface area contributed by atoms with E-state index in [1.807, 2.05) is 11.0 Å². The predicted octanol–water partition coefficient (Wildman–Crippen LogP) is 3.94. The van der Waals surface area contributed by atoms with Gasteiger partial charge >= 0.3 is 0 Å². The van der Waals surface area contributed by atoms with Crippen molar-refractivity contribution in [1.82, 2.24) is 4.90 Å². The average Bonchev–Trinajstić information content (AvgIpc) is 3.15. The highest BCUT2D eigenvalue weighted by atomic mass is 16.3. The summed E-state index contributed by atoms with van der Waals surface area (Å²) in [6, 6.07) is 11.6. The van der Waals surface area contributed by atoms with Gasteiger partial charge in [0.1, 0.15) is 6.26 Å². The van der Waals surface area contributed by atoms with Gasteiger partial charge in [0.25, 0.3) is 5.91 Å². The molecule has 0 spiro atoms. The minimum absolute atomic E-state index is 0.0690. The minimum atomic E-state index is 0.0690. The number of carbonyl (C=O) groups excluding carboxylic acids is 1. The Morgan fingerprint density at radius 3 is 2.88 bits per heavy atom. The van der Waals surface area contributed by atoms with Crippen molar-refractivity contribution in [2.45, 2.75) is 39.2 Å². The third-order valence-corrected chi connectivity index (χ3v) is 4.78. The molecule has 0 aliphatic carbocycles. The summed E-state index contributed by atoms with van der Waals surface area (Å²) >= 11 is 0. The van der Waals surface area contributed by atoms with E-state index < -0.39 is 0 Å². The molecule has 3 rings (SSSR count). The van der Waals surface area contributed by atoms with Gasteiger partial charge in [-0.2, -0.15) is 0 Å². The molecule has 4 nitrogen and oxygen atoms in total. The van der Waals surface area contributed by atoms with Gasteiger partial charge in [0, 0.05) is 31.4 Å². The van der Waals surface area contributed by atoms with Gasteiger partial charge in [-0.25, -0.2) is 0 Å². The maximum Gasteiger partial charge on any atom is 0.257 e. The van der Waals surface area contributed by atoms with E-state index in [-0.39, 0.29) is 11.9 Å². The lowest BCUT2D eigenvalue weighted by Crippen LogP contribution is -2.55. The Morgan fingerprint density at radius 2 is 2.21 bits per heavy atom. The van der Waals surface area contributed by atoms with Crippen molar-refractivity contribution in [2.24, 2.45) is 0 Å². The molecule has 0 bridgehead atoms. The summed E-state index contributed by atoms with van der Waals surface area (Å²) in [7, 11) is 0. The van der Waals surface area contributed by atoms with Crippen molar-refractivity contribution in [3.63, 3.8) is 0 Å². The number of piperazine rings is 1. The molecule has 0 unspecified atom stereocenters. The number of nitrogens with zero attached hydrogens (tertiary/aromatic N) is 2. The standard InChI is InChI=1S/C20H25N2O2/c1-4-18-13-21(19-7-5-6-16(12-19)15(2)3)9-10-22(18)20(23)17-8-11-24-14-17/h5,7-8,11-12,14-15,18H,4,9-10,13H2,1-3H3/t18-/m1/s1. The van der Waals surface area contributed by atoms with Gasteiger partial charge < -0.3 is 14.2 Å². The predicted molar refractivity (Wildman–Crippen MR) is 95.4 cm³/mol. The zero-order valence-corrected chi connectivity index (χ0v) is 14.7. The summed E-state index contributed by atoms with van der Waals surface area (Å²) in [5.74, 6) is 0.537. The van der Waals surface area contributed by atoms with Crippen molar-refractivity contribution in [3.05, 3.63) is 54.0 Å². The van der Waals surface area contributed by atoms with Gasteiger partial charge in [-0.1, -0.05) is 26.8 Å². The second-order valence-electron chi connectivity index (χ2n) is 6.68. The highest BCUT2D eigenvalue weighted by Crippen LogP contribution is 2.25. The number of anilines is 1. The molecular weight excluding hydrogens is 300 g/mol. The summed E-state index contributed by atoms with van der Waals surface area (Å²) in [6.07, 6.45) is 4.03. The van der Waals surface area contributed by atoms with Gasteiger partial charge in [-0.3, -0.25) is 4.79 Å². The van der Waals surface area contributed by atoms with Crippen LogP contribution in [0.1, 0.15) is 49.0 Å². The van der Waals surface area contributed by atoms with Gasteiger partial charge in [-0.15, -0.1) is 0 Å². The van der Waals surface area contributed by atoms with Crippen LogP contribution in [0.25, 0.3) is 0 Å². The third-order valence-electron chi connectivity index (χ3n) is 4.78. The number of amides is 1. The van der Waals surface area contributed by atoms with Crippen LogP contribution in [0.4, 0.5) is 5.69 Å². The molecule has 1 radical (unpaired) electrons. The van der Waals surface area contributed by atoms with E-state index in [0.29, 0.717) is 11.5 Å². The van der Waals surface area contributed by atoms with Crippen molar-refractivity contribution < 1.29 is 9.21 Å². The fourth-order valence-corrected chi connectivity index (χ4v) is 3.26. The molecule has 1 aliphatic heterocycles. The largest absolute Gasteiger partial charge is 0.472 e. The lowest BCUT2D eigenvalue weighted by molar-refractivity contribution is 0.0651. The van der Waals surface area contributed by atoms with Crippen LogP contribution in [0.5, 0.6) is 0 Å². The second-order valence-corrected chi connectivity index (χ2v) is 6.68. The molecule has 127 valence electrons. The number of carbonyl (C=O) groups is 1. The van der Waals surface area contributed by atoms with Crippen molar-refractivity contribution >= 4 is 11.6 Å². The molecule has 0 N–H and O–H groups in total. The van der Waals surface area contributed by atoms with Crippen LogP contribution in [-0.4, -0.2) is 36.5 Å². The molecule has 1 aliphatic rings. The first-order chi connectivity index (χ1) is 11.6. The van der Waals surface area contributed by atoms with Gasteiger partial charge in [0.2, 0.25) is 0 Å². The topological polar surface area (TPSA) is 36.7 Å². The van der Waals surface area contributed by atoms with Crippen molar-refractivity contribution in [3.8, 4) is 0 Å². The number of furan rings is 1. The number of hydrogen-bond acceptors (Lipinski definition) is 3. The molecular formula is C20H25N2O2. The van der Waals surface area contributed by atoms with Gasteiger partial charge in [-0.05, 0) is 42.2 Å². The molecule has 24 heavy (non-hydrogen) atoms. The summed E-state index contributed by atoms with van der Waals surface area (Å²) in [4.78, 5) is 17.0. The molecule has 0 saturated carbocycles. The summed E-state index contributed by atoms with van der Waals surface area (Å²) in [6.45, 7) is 8.96. The van der Waals surface area contributed by atoms with E-state index in [1.54, 1.807) is 12.3 Å². The first-order valence-electron chi connectivity index (χ1n) is 8.70. The van der Waals surface area contributed by atoms with E-state index in [0.717, 1.165) is 26.1 Å². The van der Waals surface area contributed by atoms with E-state index in [4.69, 9.17) is 4.42 Å². The van der Waals surface area contributed by atoms with Crippen LogP contribution in [-0.2, 0) is 0 Å². The Morgan fingerprint density at radius 1 is 1.38 bits per heavy atom. The van der Waals surface area contributed by atoms with Crippen LogP contribution in [0.15, 0.2) is 41.2 Å². The first-order valence-corrected chi connectivity index (χ1v) is 8.70. The Labute approximate surface area is 144 Å². The molecule has 2 aromatic rings. The Kier molecular flexibility index (Phi) is 4.93. The fraction of sp³-hybridized carbons (Fsp3) is 0.450. The van der Waals surface area contributed by atoms with E-state index in [2.05, 4.69) is 43.9 Å². The molecule has 1 aromatic heterocycles. The smallest absolute Gasteiger partial charge is 0.257 e. The highest BCUT2D eigenvalue weighted by molar-refractivity contribution is 5.94. The SMILES string of the molecule is CC[C@@H]1CN(c2cc[c]c(C(C)C)c2)CCN1C(=O)c1ccoc1. The monoisotopic (exact) mass is 325 g/mol. The Bertz CT molecular complexity index is 679. The Hall–Kier alpha value is -2.23.